The van der Waals surface area contributed by atoms with Crippen molar-refractivity contribution in [2.75, 3.05) is 26.6 Å². The molecule has 6 atom stereocenters. The van der Waals surface area contributed by atoms with E-state index in [0.717, 1.165) is 12.1 Å². The van der Waals surface area contributed by atoms with Gasteiger partial charge in [-0.3, -0.25) is 4.98 Å². The molecular weight excluding hydrogens is 406 g/mol. The predicted octanol–water partition coefficient (Wildman–Crippen LogP) is -0.921. The minimum atomic E-state index is -1.32. The van der Waals surface area contributed by atoms with Crippen LogP contribution in [0.2, 0.25) is 0 Å². The molecular formula is C21H32N3O7+. The molecule has 3 heterocycles. The van der Waals surface area contributed by atoms with Crippen molar-refractivity contribution in [3.05, 3.63) is 30.1 Å². The molecule has 10 heteroatoms. The summed E-state index contributed by atoms with van der Waals surface area (Å²) in [7, 11) is 0. The molecule has 2 aliphatic rings. The molecule has 1 aromatic heterocycles. The Morgan fingerprint density at radius 3 is 2.65 bits per heavy atom. The number of ether oxygens (including phenoxy) is 3. The van der Waals surface area contributed by atoms with Crippen LogP contribution in [0.15, 0.2) is 29.4 Å². The van der Waals surface area contributed by atoms with Crippen molar-refractivity contribution < 1.29 is 39.2 Å². The molecule has 0 spiro atoms. The lowest BCUT2D eigenvalue weighted by atomic mass is 9.92. The number of nitrogens with zero attached hydrogens (tertiary/aromatic N) is 3. The molecule has 4 N–H and O–H groups in total. The minimum Gasteiger partial charge on any atom is -0.394 e. The van der Waals surface area contributed by atoms with Crippen LogP contribution in [0.1, 0.15) is 25.0 Å². The fraction of sp³-hybridized carbons (Fsp3) is 0.667. The number of rotatable bonds is 12. The Hall–Kier alpha value is -1.79. The largest absolute Gasteiger partial charge is 0.394 e. The van der Waals surface area contributed by atoms with Crippen molar-refractivity contribution >= 4 is 12.6 Å². The summed E-state index contributed by atoms with van der Waals surface area (Å²) in [5.41, 5.74) is 0.883. The van der Waals surface area contributed by atoms with Crippen LogP contribution in [-0.2, 0) is 20.8 Å². The van der Waals surface area contributed by atoms with Crippen LogP contribution in [0.5, 0.6) is 0 Å². The molecule has 0 amide bonds. The number of hydrogen-bond donors (Lipinski definition) is 4. The number of hydrogen-bond acceptors (Lipinski definition) is 9. The molecule has 2 aliphatic heterocycles. The first-order chi connectivity index (χ1) is 15.1. The van der Waals surface area contributed by atoms with Gasteiger partial charge in [0.05, 0.1) is 38.2 Å². The molecule has 1 saturated heterocycles. The lowest BCUT2D eigenvalue weighted by molar-refractivity contribution is -0.448. The summed E-state index contributed by atoms with van der Waals surface area (Å²) in [5, 5.41) is 38.9. The van der Waals surface area contributed by atoms with Gasteiger partial charge in [-0.2, -0.15) is 0 Å². The van der Waals surface area contributed by atoms with Crippen LogP contribution < -0.4 is 0 Å². The van der Waals surface area contributed by atoms with Crippen LogP contribution in [0.4, 0.5) is 0 Å². The van der Waals surface area contributed by atoms with E-state index in [1.165, 1.54) is 0 Å². The maximum Gasteiger partial charge on any atom is 0.282 e. The van der Waals surface area contributed by atoms with Crippen LogP contribution in [-0.4, -0.2) is 106 Å². The first kappa shape index (κ1) is 23.9. The smallest absolute Gasteiger partial charge is 0.282 e. The number of aliphatic imine (C=N–C) groups is 1. The highest BCUT2D eigenvalue weighted by Crippen LogP contribution is 2.24. The van der Waals surface area contributed by atoms with Gasteiger partial charge in [0.1, 0.15) is 30.6 Å². The molecule has 0 aliphatic carbocycles. The van der Waals surface area contributed by atoms with E-state index in [9.17, 15) is 20.4 Å². The Morgan fingerprint density at radius 1 is 1.03 bits per heavy atom. The second-order valence-corrected chi connectivity index (χ2v) is 7.73. The normalized spacial score (nSPS) is 30.5. The van der Waals surface area contributed by atoms with Gasteiger partial charge in [0.25, 0.3) is 6.34 Å². The highest BCUT2D eigenvalue weighted by Gasteiger charge is 2.42. The van der Waals surface area contributed by atoms with E-state index in [4.69, 9.17) is 14.2 Å². The maximum atomic E-state index is 10.0. The monoisotopic (exact) mass is 438 g/mol. The standard InChI is InChI=1S/C21H32N3O7/c25-10-18-20(27)21(28)19(26)17(31-18)6-2-4-8-29-14-24-9-16(23-13-24)12-30-11-15-5-1-3-7-22-15/h1,3,5,7,9,13,16-21,25-28H,2,4,6,8,10-12,14H2/q+1. The van der Waals surface area contributed by atoms with Gasteiger partial charge in [0.2, 0.25) is 6.04 Å². The Morgan fingerprint density at radius 2 is 1.87 bits per heavy atom. The molecule has 1 aromatic rings. The van der Waals surface area contributed by atoms with Gasteiger partial charge in [0.15, 0.2) is 6.73 Å². The number of aliphatic hydroxyl groups is 4. The molecule has 172 valence electrons. The van der Waals surface area contributed by atoms with Gasteiger partial charge in [0, 0.05) is 6.20 Å². The lowest BCUT2D eigenvalue weighted by Crippen LogP contribution is -2.58. The number of pyridine rings is 1. The molecule has 0 saturated carbocycles. The first-order valence-electron chi connectivity index (χ1n) is 10.6. The summed E-state index contributed by atoms with van der Waals surface area (Å²) in [5.74, 6) is 0. The molecule has 10 nitrogen and oxygen atoms in total. The summed E-state index contributed by atoms with van der Waals surface area (Å²) in [6, 6.07) is 5.66. The summed E-state index contributed by atoms with van der Waals surface area (Å²) >= 11 is 0. The average Bonchev–Trinajstić information content (AvgIpc) is 3.24. The van der Waals surface area contributed by atoms with E-state index < -0.39 is 37.1 Å². The summed E-state index contributed by atoms with van der Waals surface area (Å²) in [4.78, 5) is 8.58. The van der Waals surface area contributed by atoms with E-state index in [-0.39, 0.29) is 6.04 Å². The van der Waals surface area contributed by atoms with Crippen molar-refractivity contribution in [3.8, 4) is 0 Å². The molecule has 0 aromatic carbocycles. The van der Waals surface area contributed by atoms with Gasteiger partial charge in [-0.1, -0.05) is 11.1 Å². The number of aliphatic hydroxyl groups excluding tert-OH is 4. The third-order valence-corrected chi connectivity index (χ3v) is 5.29. The van der Waals surface area contributed by atoms with Crippen LogP contribution in [0.3, 0.4) is 0 Å². The molecule has 3 rings (SSSR count). The van der Waals surface area contributed by atoms with Crippen LogP contribution in [0.25, 0.3) is 0 Å². The minimum absolute atomic E-state index is 0.0431. The van der Waals surface area contributed by atoms with E-state index >= 15 is 0 Å². The third kappa shape index (κ3) is 7.11. The van der Waals surface area contributed by atoms with Gasteiger partial charge in [-0.25, -0.2) is 4.58 Å². The zero-order valence-electron chi connectivity index (χ0n) is 17.4. The average molecular weight is 439 g/mol. The van der Waals surface area contributed by atoms with Gasteiger partial charge in [-0.05, 0) is 31.4 Å². The second-order valence-electron chi connectivity index (χ2n) is 7.73. The molecule has 31 heavy (non-hydrogen) atoms. The van der Waals surface area contributed by atoms with Gasteiger partial charge >= 0.3 is 0 Å². The van der Waals surface area contributed by atoms with Crippen LogP contribution in [0, 0.1) is 0 Å². The van der Waals surface area contributed by atoms with E-state index in [1.54, 1.807) is 12.5 Å². The summed E-state index contributed by atoms with van der Waals surface area (Å²) in [6.45, 7) is 1.43. The molecule has 0 radical (unpaired) electrons. The Balaban J connectivity index is 1.26. The topological polar surface area (TPSA) is 137 Å². The van der Waals surface area contributed by atoms with Gasteiger partial charge in [-0.15, -0.1) is 0 Å². The fourth-order valence-corrected chi connectivity index (χ4v) is 3.54. The third-order valence-electron chi connectivity index (χ3n) is 5.29. The van der Waals surface area contributed by atoms with E-state index in [2.05, 4.69) is 9.98 Å². The Bertz CT molecular complexity index is 716. The Labute approximate surface area is 181 Å². The predicted molar refractivity (Wildman–Crippen MR) is 111 cm³/mol. The molecule has 0 bridgehead atoms. The van der Waals surface area contributed by atoms with Crippen molar-refractivity contribution in [1.29, 1.82) is 0 Å². The highest BCUT2D eigenvalue weighted by atomic mass is 16.5. The van der Waals surface area contributed by atoms with E-state index in [1.807, 2.05) is 29.0 Å². The molecule has 6 unspecified atom stereocenters. The first-order valence-corrected chi connectivity index (χ1v) is 10.6. The fourth-order valence-electron chi connectivity index (χ4n) is 3.54. The summed E-state index contributed by atoms with van der Waals surface area (Å²) < 4.78 is 18.7. The Kier molecular flexibility index (Phi) is 9.47. The SMILES string of the molecule is OCC1OC(CCCCOC[N+]2=CC(COCc3ccccn3)N=C2)C(O)C(O)C1O. The van der Waals surface area contributed by atoms with Crippen molar-refractivity contribution in [1.82, 2.24) is 4.98 Å². The lowest BCUT2D eigenvalue weighted by Gasteiger charge is -2.40. The zero-order valence-corrected chi connectivity index (χ0v) is 17.4. The maximum absolute atomic E-state index is 10.0. The zero-order chi connectivity index (χ0) is 22.1. The second kappa shape index (κ2) is 12.3. The quantitative estimate of drug-likeness (QED) is 0.243. The van der Waals surface area contributed by atoms with Crippen molar-refractivity contribution in [2.24, 2.45) is 4.99 Å². The van der Waals surface area contributed by atoms with Crippen molar-refractivity contribution in [3.63, 3.8) is 0 Å². The highest BCUT2D eigenvalue weighted by molar-refractivity contribution is 5.71. The van der Waals surface area contributed by atoms with Crippen LogP contribution >= 0.6 is 0 Å². The van der Waals surface area contributed by atoms with Crippen molar-refractivity contribution in [2.45, 2.75) is 62.4 Å². The number of aromatic nitrogens is 1. The van der Waals surface area contributed by atoms with E-state index in [0.29, 0.717) is 39.4 Å². The molecule has 1 fully saturated rings. The van der Waals surface area contributed by atoms with Gasteiger partial charge < -0.3 is 34.6 Å². The number of unbranched alkanes of at least 4 members (excludes halogenated alkanes) is 1. The summed E-state index contributed by atoms with van der Waals surface area (Å²) in [6.07, 6.45) is 2.08.